The van der Waals surface area contributed by atoms with Crippen molar-refractivity contribution in [3.05, 3.63) is 58.7 Å². The van der Waals surface area contributed by atoms with E-state index in [1.807, 2.05) is 45.0 Å². The number of aromatic nitrogens is 4. The number of tetrazole rings is 1. The molecule has 0 aliphatic rings. The largest absolute Gasteiger partial charge is 0.491 e. The summed E-state index contributed by atoms with van der Waals surface area (Å²) in [5.74, 6) is 1.22. The van der Waals surface area contributed by atoms with Gasteiger partial charge in [-0.25, -0.2) is 0 Å². The zero-order valence-corrected chi connectivity index (χ0v) is 16.8. The number of rotatable bonds is 7. The van der Waals surface area contributed by atoms with Crippen LogP contribution in [0.5, 0.6) is 5.75 Å². The van der Waals surface area contributed by atoms with Gasteiger partial charge in [0, 0.05) is 5.75 Å². The number of thioether (sulfide) groups is 1. The highest BCUT2D eigenvalue weighted by molar-refractivity contribution is 7.99. The molecule has 0 bridgehead atoms. The maximum Gasteiger partial charge on any atom is 0.214 e. The lowest BCUT2D eigenvalue weighted by Crippen LogP contribution is -2.20. The number of hydrogen-bond donors (Lipinski definition) is 1. The minimum absolute atomic E-state index is 0.223. The Morgan fingerprint density at radius 2 is 1.78 bits per heavy atom. The van der Waals surface area contributed by atoms with Crippen LogP contribution in [0.25, 0.3) is 5.69 Å². The van der Waals surface area contributed by atoms with E-state index in [1.165, 1.54) is 17.3 Å². The summed E-state index contributed by atoms with van der Waals surface area (Å²) in [7, 11) is 0. The number of aryl methyl sites for hydroxylation is 4. The fraction of sp³-hybridized carbons (Fsp3) is 0.350. The molecule has 2 aromatic carbocycles. The highest BCUT2D eigenvalue weighted by atomic mass is 32.2. The van der Waals surface area contributed by atoms with Crippen molar-refractivity contribution in [1.82, 2.24) is 20.2 Å². The van der Waals surface area contributed by atoms with Gasteiger partial charge in [-0.05, 0) is 73.0 Å². The van der Waals surface area contributed by atoms with Crippen LogP contribution in [-0.2, 0) is 0 Å². The number of hydrogen-bond acceptors (Lipinski definition) is 6. The van der Waals surface area contributed by atoms with Crippen molar-refractivity contribution in [3.8, 4) is 11.4 Å². The van der Waals surface area contributed by atoms with Crippen LogP contribution in [0.3, 0.4) is 0 Å². The first kappa shape index (κ1) is 19.4. The summed E-state index contributed by atoms with van der Waals surface area (Å²) in [6.45, 7) is 8.36. The lowest BCUT2D eigenvalue weighted by atomic mass is 10.1. The van der Waals surface area contributed by atoms with E-state index >= 15 is 0 Å². The summed E-state index contributed by atoms with van der Waals surface area (Å²) in [4.78, 5) is 0. The molecule has 3 rings (SSSR count). The fourth-order valence-electron chi connectivity index (χ4n) is 2.89. The minimum atomic E-state index is -0.625. The molecule has 3 aromatic rings. The molecule has 27 heavy (non-hydrogen) atoms. The van der Waals surface area contributed by atoms with Gasteiger partial charge in [-0.2, -0.15) is 4.68 Å². The van der Waals surface area contributed by atoms with Gasteiger partial charge in [0.2, 0.25) is 5.16 Å². The SMILES string of the molecule is Cc1cc(C)cc(OC[C@H](O)CSc2nnnn2-c2ccc(C)cc2C)c1. The van der Waals surface area contributed by atoms with Gasteiger partial charge in [-0.15, -0.1) is 5.10 Å². The van der Waals surface area contributed by atoms with E-state index in [1.54, 1.807) is 4.68 Å². The Hall–Kier alpha value is -2.38. The molecule has 1 atom stereocenters. The van der Waals surface area contributed by atoms with Gasteiger partial charge < -0.3 is 9.84 Å². The average Bonchev–Trinajstić information content (AvgIpc) is 3.05. The lowest BCUT2D eigenvalue weighted by Gasteiger charge is -2.13. The molecule has 6 nitrogen and oxygen atoms in total. The third-order valence-electron chi connectivity index (χ3n) is 4.06. The van der Waals surface area contributed by atoms with Crippen molar-refractivity contribution < 1.29 is 9.84 Å². The van der Waals surface area contributed by atoms with E-state index < -0.39 is 6.10 Å². The Morgan fingerprint density at radius 1 is 1.04 bits per heavy atom. The molecule has 0 unspecified atom stereocenters. The second-order valence-corrected chi connectivity index (χ2v) is 7.75. The van der Waals surface area contributed by atoms with Gasteiger partial charge in [0.15, 0.2) is 0 Å². The molecule has 0 aliphatic heterocycles. The molecule has 0 saturated carbocycles. The van der Waals surface area contributed by atoms with Gasteiger partial charge in [0.1, 0.15) is 12.4 Å². The van der Waals surface area contributed by atoms with Crippen molar-refractivity contribution in [3.63, 3.8) is 0 Å². The van der Waals surface area contributed by atoms with Crippen LogP contribution < -0.4 is 4.74 Å². The van der Waals surface area contributed by atoms with Crippen LogP contribution in [0.4, 0.5) is 0 Å². The molecule has 0 fully saturated rings. The maximum absolute atomic E-state index is 10.3. The second-order valence-electron chi connectivity index (χ2n) is 6.76. The summed E-state index contributed by atoms with van der Waals surface area (Å²) in [5, 5.41) is 22.9. The molecule has 1 aromatic heterocycles. The van der Waals surface area contributed by atoms with Crippen LogP contribution in [-0.4, -0.2) is 43.8 Å². The lowest BCUT2D eigenvalue weighted by molar-refractivity contribution is 0.126. The monoisotopic (exact) mass is 384 g/mol. The second kappa shape index (κ2) is 8.54. The molecule has 0 saturated heterocycles. The van der Waals surface area contributed by atoms with Crippen molar-refractivity contribution in [2.75, 3.05) is 12.4 Å². The summed E-state index contributed by atoms with van der Waals surface area (Å²) < 4.78 is 7.43. The van der Waals surface area contributed by atoms with Crippen LogP contribution in [0.2, 0.25) is 0 Å². The summed E-state index contributed by atoms with van der Waals surface area (Å²) in [5.41, 5.74) is 5.51. The first-order valence-corrected chi connectivity index (χ1v) is 9.79. The van der Waals surface area contributed by atoms with Crippen molar-refractivity contribution >= 4 is 11.8 Å². The molecule has 0 spiro atoms. The highest BCUT2D eigenvalue weighted by Gasteiger charge is 2.14. The van der Waals surface area contributed by atoms with E-state index in [0.717, 1.165) is 28.1 Å². The average molecular weight is 385 g/mol. The Bertz CT molecular complexity index is 906. The number of aliphatic hydroxyl groups excluding tert-OH is 1. The first-order valence-electron chi connectivity index (χ1n) is 8.80. The first-order chi connectivity index (χ1) is 12.9. The Morgan fingerprint density at radius 3 is 2.48 bits per heavy atom. The molecule has 1 heterocycles. The summed E-state index contributed by atoms with van der Waals surface area (Å²) in [6, 6.07) is 12.2. The molecule has 0 radical (unpaired) electrons. The third-order valence-corrected chi connectivity index (χ3v) is 5.13. The zero-order valence-electron chi connectivity index (χ0n) is 16.0. The van der Waals surface area contributed by atoms with Crippen molar-refractivity contribution in [1.29, 1.82) is 0 Å². The maximum atomic E-state index is 10.3. The van der Waals surface area contributed by atoms with Gasteiger partial charge >= 0.3 is 0 Å². The molecular weight excluding hydrogens is 360 g/mol. The number of benzene rings is 2. The van der Waals surface area contributed by atoms with Gasteiger partial charge in [-0.3, -0.25) is 0 Å². The van der Waals surface area contributed by atoms with Gasteiger partial charge in [-0.1, -0.05) is 35.5 Å². The van der Waals surface area contributed by atoms with E-state index in [2.05, 4.69) is 34.6 Å². The van der Waals surface area contributed by atoms with E-state index in [4.69, 9.17) is 4.74 Å². The van der Waals surface area contributed by atoms with E-state index in [-0.39, 0.29) is 6.61 Å². The summed E-state index contributed by atoms with van der Waals surface area (Å²) in [6.07, 6.45) is -0.625. The van der Waals surface area contributed by atoms with Crippen molar-refractivity contribution in [2.24, 2.45) is 0 Å². The van der Waals surface area contributed by atoms with E-state index in [9.17, 15) is 5.11 Å². The minimum Gasteiger partial charge on any atom is -0.491 e. The fourth-order valence-corrected chi connectivity index (χ4v) is 3.68. The molecule has 0 amide bonds. The third kappa shape index (κ3) is 5.08. The Kier molecular flexibility index (Phi) is 6.13. The molecular formula is C20H24N4O2S. The normalized spacial score (nSPS) is 12.2. The Balaban J connectivity index is 1.59. The van der Waals surface area contributed by atoms with Crippen LogP contribution in [0.1, 0.15) is 22.3 Å². The Labute approximate surface area is 163 Å². The zero-order chi connectivity index (χ0) is 19.4. The molecule has 7 heteroatoms. The number of ether oxygens (including phenoxy) is 1. The highest BCUT2D eigenvalue weighted by Crippen LogP contribution is 2.22. The van der Waals surface area contributed by atoms with Gasteiger partial charge in [0.25, 0.3) is 0 Å². The predicted octanol–water partition coefficient (Wildman–Crippen LogP) is 3.43. The summed E-state index contributed by atoms with van der Waals surface area (Å²) >= 11 is 1.41. The van der Waals surface area contributed by atoms with Gasteiger partial charge in [0.05, 0.1) is 11.8 Å². The quantitative estimate of drug-likeness (QED) is 0.629. The molecule has 142 valence electrons. The van der Waals surface area contributed by atoms with Crippen LogP contribution in [0, 0.1) is 27.7 Å². The van der Waals surface area contributed by atoms with Crippen molar-refractivity contribution in [2.45, 2.75) is 39.0 Å². The smallest absolute Gasteiger partial charge is 0.214 e. The number of aliphatic hydroxyl groups is 1. The topological polar surface area (TPSA) is 73.1 Å². The van der Waals surface area contributed by atoms with E-state index in [0.29, 0.717) is 10.9 Å². The van der Waals surface area contributed by atoms with Crippen LogP contribution >= 0.6 is 11.8 Å². The standard InChI is InChI=1S/C20H24N4O2S/c1-13-5-6-19(16(4)8-13)24-20(21-22-23-24)27-12-17(25)11-26-18-9-14(2)7-15(3)10-18/h5-10,17,25H,11-12H2,1-4H3/t17-/m0/s1. The molecule has 0 aliphatic carbocycles. The number of nitrogens with zero attached hydrogens (tertiary/aromatic N) is 4. The molecule has 1 N–H and O–H groups in total. The predicted molar refractivity (Wildman–Crippen MR) is 107 cm³/mol. The van der Waals surface area contributed by atoms with Crippen LogP contribution in [0.15, 0.2) is 41.6 Å².